The molecular formula is C9H22O2Sn. The Kier molecular flexibility index (Phi) is 46.0. The first-order chi connectivity index (χ1) is 5.91. The van der Waals surface area contributed by atoms with E-state index in [9.17, 15) is 0 Å². The van der Waals surface area contributed by atoms with E-state index in [1.807, 2.05) is 0 Å². The van der Waals surface area contributed by atoms with Gasteiger partial charge >= 0.3 is 63.1 Å². The van der Waals surface area contributed by atoms with Crippen molar-refractivity contribution in [3.05, 3.63) is 0 Å². The van der Waals surface area contributed by atoms with Crippen molar-refractivity contribution in [1.82, 2.24) is 0 Å². The third-order valence-electron chi connectivity index (χ3n) is 1.13. The summed E-state index contributed by atoms with van der Waals surface area (Å²) < 4.78 is 3.22. The molecule has 0 atom stereocenters. The van der Waals surface area contributed by atoms with E-state index in [4.69, 9.17) is 10.2 Å². The van der Waals surface area contributed by atoms with Crippen LogP contribution in [0.5, 0.6) is 0 Å². The SMILES string of the molecule is CCC[CH2][Sn+2][CH2]CC.C[O-].C[O-]. The van der Waals surface area contributed by atoms with E-state index in [0.29, 0.717) is 0 Å². The van der Waals surface area contributed by atoms with Crippen molar-refractivity contribution >= 4 is 21.1 Å². The minimum absolute atomic E-state index is 0.165. The fourth-order valence-electron chi connectivity index (χ4n) is 0.604. The predicted molar refractivity (Wildman–Crippen MR) is 52.4 cm³/mol. The molecule has 0 aromatic carbocycles. The molecule has 0 unspecified atom stereocenters. The van der Waals surface area contributed by atoms with Crippen molar-refractivity contribution in [3.63, 3.8) is 0 Å². The zero-order chi connectivity index (χ0) is 10.2. The third kappa shape index (κ3) is 31.0. The van der Waals surface area contributed by atoms with E-state index >= 15 is 0 Å². The minimum atomic E-state index is 0.165. The summed E-state index contributed by atoms with van der Waals surface area (Å²) >= 11 is 0.165. The summed E-state index contributed by atoms with van der Waals surface area (Å²) in [6.45, 7) is 4.58. The zero-order valence-electron chi connectivity index (χ0n) is 8.85. The maximum atomic E-state index is 8.25. The number of unbranched alkanes of at least 4 members (excludes halogenated alkanes) is 1. The van der Waals surface area contributed by atoms with Gasteiger partial charge in [0.25, 0.3) is 0 Å². The molecule has 12 heavy (non-hydrogen) atoms. The molecular weight excluding hydrogens is 259 g/mol. The zero-order valence-corrected chi connectivity index (χ0v) is 11.7. The second-order valence-electron chi connectivity index (χ2n) is 2.10. The third-order valence-corrected chi connectivity index (χ3v) is 5.59. The smallest absolute Gasteiger partial charge is 0.153 e. The second kappa shape index (κ2) is 29.8. The molecule has 0 aliphatic heterocycles. The molecule has 74 valence electrons. The Morgan fingerprint density at radius 1 is 0.833 bits per heavy atom. The molecule has 0 spiro atoms. The summed E-state index contributed by atoms with van der Waals surface area (Å²) in [5.74, 6) is 0. The number of rotatable bonds is 5. The van der Waals surface area contributed by atoms with Crippen molar-refractivity contribution < 1.29 is 10.2 Å². The molecule has 0 rings (SSSR count). The van der Waals surface area contributed by atoms with E-state index in [0.717, 1.165) is 14.2 Å². The fourth-order valence-corrected chi connectivity index (χ4v) is 4.05. The largest absolute Gasteiger partial charge is 0.857 e. The van der Waals surface area contributed by atoms with Crippen LogP contribution in [0.25, 0.3) is 0 Å². The van der Waals surface area contributed by atoms with Crippen LogP contribution >= 0.6 is 0 Å². The molecule has 2 nitrogen and oxygen atoms in total. The van der Waals surface area contributed by atoms with Crippen molar-refractivity contribution in [2.75, 3.05) is 14.2 Å². The van der Waals surface area contributed by atoms with E-state index in [1.54, 1.807) is 8.87 Å². The molecule has 0 aliphatic rings. The van der Waals surface area contributed by atoms with Crippen LogP contribution in [0, 0.1) is 0 Å². The Hall–Kier alpha value is 0.719. The van der Waals surface area contributed by atoms with Gasteiger partial charge in [0.2, 0.25) is 0 Å². The molecule has 0 aromatic rings. The molecule has 0 fully saturated rings. The van der Waals surface area contributed by atoms with Gasteiger partial charge in [-0.2, -0.15) is 14.2 Å². The first-order valence-electron chi connectivity index (χ1n) is 4.44. The summed E-state index contributed by atoms with van der Waals surface area (Å²) in [6.07, 6.45) is 4.35. The van der Waals surface area contributed by atoms with Gasteiger partial charge in [-0.15, -0.1) is 0 Å². The van der Waals surface area contributed by atoms with Crippen LogP contribution in [0.3, 0.4) is 0 Å². The number of hydrogen-bond acceptors (Lipinski definition) is 2. The van der Waals surface area contributed by atoms with E-state index in [-0.39, 0.29) is 21.1 Å². The van der Waals surface area contributed by atoms with Crippen molar-refractivity contribution in [2.24, 2.45) is 0 Å². The molecule has 0 radical (unpaired) electrons. The Bertz CT molecular complexity index is 37.5. The standard InChI is InChI=1S/C4H9.C3H7.2CH3O.Sn/c1-3-4-2;1-3-2;2*1-2;/h1,3-4H2,2H3;1,3H2,2H3;2*1H3;/q;;2*-1;+2. The molecule has 3 heteroatoms. The van der Waals surface area contributed by atoms with Crippen LogP contribution in [0.1, 0.15) is 33.1 Å². The molecule has 0 bridgehead atoms. The van der Waals surface area contributed by atoms with Gasteiger partial charge in [-0.05, 0) is 0 Å². The average Bonchev–Trinajstić information content (AvgIpc) is 2.19. The molecule has 0 N–H and O–H groups in total. The number of hydrogen-bond donors (Lipinski definition) is 0. The molecule has 0 heterocycles. The maximum Gasteiger partial charge on any atom is -0.153 e. The van der Waals surface area contributed by atoms with Crippen LogP contribution in [0.2, 0.25) is 8.87 Å². The van der Waals surface area contributed by atoms with E-state index in [1.165, 1.54) is 19.3 Å². The Morgan fingerprint density at radius 2 is 1.33 bits per heavy atom. The quantitative estimate of drug-likeness (QED) is 0.550. The molecule has 0 saturated carbocycles. The van der Waals surface area contributed by atoms with Gasteiger partial charge in [-0.3, -0.25) is 0 Å². The average molecular weight is 281 g/mol. The van der Waals surface area contributed by atoms with Gasteiger partial charge in [0, 0.05) is 0 Å². The van der Waals surface area contributed by atoms with Crippen LogP contribution in [0.15, 0.2) is 0 Å². The van der Waals surface area contributed by atoms with Gasteiger partial charge in [-0.25, -0.2) is 0 Å². The second-order valence-corrected chi connectivity index (χ2v) is 6.38. The Morgan fingerprint density at radius 3 is 1.67 bits per heavy atom. The summed E-state index contributed by atoms with van der Waals surface area (Å²) in [5.41, 5.74) is 0. The van der Waals surface area contributed by atoms with Crippen LogP contribution in [-0.4, -0.2) is 35.4 Å². The molecule has 0 aliphatic carbocycles. The van der Waals surface area contributed by atoms with Gasteiger partial charge in [-0.1, -0.05) is 0 Å². The van der Waals surface area contributed by atoms with Gasteiger partial charge in [0.15, 0.2) is 0 Å². The molecule has 0 saturated heterocycles. The fraction of sp³-hybridized carbons (Fsp3) is 1.00. The van der Waals surface area contributed by atoms with Gasteiger partial charge < -0.3 is 10.2 Å². The van der Waals surface area contributed by atoms with E-state index in [2.05, 4.69) is 13.8 Å². The molecule has 0 amide bonds. The van der Waals surface area contributed by atoms with Crippen molar-refractivity contribution in [2.45, 2.75) is 42.0 Å². The predicted octanol–water partition coefficient (Wildman–Crippen LogP) is 0.690. The molecule has 0 aromatic heterocycles. The minimum Gasteiger partial charge on any atom is -0.857 e. The first-order valence-corrected chi connectivity index (χ1v) is 8.47. The monoisotopic (exact) mass is 282 g/mol. The normalized spacial score (nSPS) is 6.83. The summed E-state index contributed by atoms with van der Waals surface area (Å²) in [4.78, 5) is 0. The van der Waals surface area contributed by atoms with E-state index < -0.39 is 0 Å². The van der Waals surface area contributed by atoms with Gasteiger partial charge in [0.05, 0.1) is 0 Å². The first kappa shape index (κ1) is 18.5. The summed E-state index contributed by atoms with van der Waals surface area (Å²) in [5, 5.41) is 16.5. The van der Waals surface area contributed by atoms with Crippen molar-refractivity contribution in [1.29, 1.82) is 0 Å². The summed E-state index contributed by atoms with van der Waals surface area (Å²) in [6, 6.07) is 0. The van der Waals surface area contributed by atoms with Gasteiger partial charge in [0.1, 0.15) is 0 Å². The van der Waals surface area contributed by atoms with Crippen molar-refractivity contribution in [3.8, 4) is 0 Å². The topological polar surface area (TPSA) is 46.1 Å². The van der Waals surface area contributed by atoms with Crippen LogP contribution in [-0.2, 0) is 0 Å². The Labute approximate surface area is 87.6 Å². The Balaban J connectivity index is -0.000000175. The van der Waals surface area contributed by atoms with Crippen LogP contribution < -0.4 is 10.2 Å². The van der Waals surface area contributed by atoms with Crippen LogP contribution in [0.4, 0.5) is 0 Å². The summed E-state index contributed by atoms with van der Waals surface area (Å²) in [7, 11) is 1.50. The maximum absolute atomic E-state index is 8.25.